The number of para-hydroxylation sites is 2. The van der Waals surface area contributed by atoms with Crippen LogP contribution in [0.3, 0.4) is 0 Å². The molecule has 100 valence electrons. The molecule has 2 rings (SSSR count). The number of benzene rings is 2. The minimum absolute atomic E-state index is 0. The zero-order chi connectivity index (χ0) is 13.0. The summed E-state index contributed by atoms with van der Waals surface area (Å²) in [5.41, 5.74) is 10.3. The Morgan fingerprint density at radius 1 is 0.947 bits per heavy atom. The summed E-state index contributed by atoms with van der Waals surface area (Å²) in [6, 6.07) is 16.1. The molecule has 0 atom stereocenters. The van der Waals surface area contributed by atoms with Gasteiger partial charge in [-0.2, -0.15) is 0 Å². The van der Waals surface area contributed by atoms with Crippen molar-refractivity contribution in [3.05, 3.63) is 59.7 Å². The summed E-state index contributed by atoms with van der Waals surface area (Å²) in [6.07, 6.45) is 0. The molecular formula is C15H19ClN3+. The number of guanidine groups is 1. The van der Waals surface area contributed by atoms with Gasteiger partial charge in [-0.1, -0.05) is 36.4 Å². The maximum absolute atomic E-state index is 5.97. The Balaban J connectivity index is 0.00000180. The van der Waals surface area contributed by atoms with Crippen LogP contribution in [0.4, 0.5) is 11.4 Å². The number of halogens is 1. The van der Waals surface area contributed by atoms with Gasteiger partial charge in [0.1, 0.15) is 11.4 Å². The monoisotopic (exact) mass is 276 g/mol. The molecule has 0 aliphatic carbocycles. The van der Waals surface area contributed by atoms with E-state index < -0.39 is 0 Å². The Bertz CT molecular complexity index is 579. The summed E-state index contributed by atoms with van der Waals surface area (Å²) in [5.74, 6) is 0.526. The van der Waals surface area contributed by atoms with Crippen molar-refractivity contribution in [3.63, 3.8) is 0 Å². The van der Waals surface area contributed by atoms with Crippen LogP contribution in [0.1, 0.15) is 11.1 Å². The predicted octanol–water partition coefficient (Wildman–Crippen LogP) is 1.86. The minimum atomic E-state index is 0. The molecule has 0 aliphatic rings. The lowest BCUT2D eigenvalue weighted by atomic mass is 10.2. The van der Waals surface area contributed by atoms with Crippen LogP contribution in [0.2, 0.25) is 0 Å². The van der Waals surface area contributed by atoms with E-state index in [9.17, 15) is 0 Å². The lowest BCUT2D eigenvalue weighted by Gasteiger charge is -2.03. The Hall–Kier alpha value is -2.00. The molecule has 0 heterocycles. The molecular weight excluding hydrogens is 258 g/mol. The molecule has 0 fully saturated rings. The molecule has 0 saturated carbocycles. The van der Waals surface area contributed by atoms with Gasteiger partial charge in [0.05, 0.1) is 0 Å². The average molecular weight is 277 g/mol. The van der Waals surface area contributed by atoms with Crippen LogP contribution in [0, 0.1) is 13.8 Å². The van der Waals surface area contributed by atoms with Crippen molar-refractivity contribution in [2.24, 2.45) is 5.73 Å². The molecule has 0 spiro atoms. The van der Waals surface area contributed by atoms with Crippen molar-refractivity contribution in [2.45, 2.75) is 13.8 Å². The van der Waals surface area contributed by atoms with Gasteiger partial charge in [0.15, 0.2) is 0 Å². The van der Waals surface area contributed by atoms with Gasteiger partial charge in [-0.25, -0.2) is 10.3 Å². The molecule has 4 heteroatoms. The van der Waals surface area contributed by atoms with E-state index in [0.717, 1.165) is 22.5 Å². The number of rotatable bonds is 2. The molecule has 0 saturated heterocycles. The van der Waals surface area contributed by atoms with Crippen molar-refractivity contribution >= 4 is 29.7 Å². The van der Waals surface area contributed by atoms with Gasteiger partial charge in [0.25, 0.3) is 0 Å². The second kappa shape index (κ2) is 6.81. The van der Waals surface area contributed by atoms with Crippen LogP contribution >= 0.6 is 12.4 Å². The van der Waals surface area contributed by atoms with Crippen LogP contribution in [-0.4, -0.2) is 5.96 Å². The van der Waals surface area contributed by atoms with Crippen LogP contribution in [0.5, 0.6) is 0 Å². The highest BCUT2D eigenvalue weighted by molar-refractivity contribution is 5.89. The molecule has 0 radical (unpaired) electrons. The molecule has 4 N–H and O–H groups in total. The van der Waals surface area contributed by atoms with E-state index in [2.05, 4.69) is 10.3 Å². The standard InChI is InChI=1S/C15H17N3.ClH/c1-11-7-3-5-9-13(11)17-15(16)18-14-10-6-4-8-12(14)2;/h3-10H,1-2H3,(H3,16,17,18);1H/p+1. The number of hydrogen-bond donors (Lipinski definition) is 3. The SMILES string of the molecule is Cc1ccccc1NC(N)=[NH+]c1ccccc1C.Cl. The second-order valence-corrected chi connectivity index (χ2v) is 4.29. The molecule has 0 aliphatic heterocycles. The van der Waals surface area contributed by atoms with E-state index in [1.807, 2.05) is 62.4 Å². The van der Waals surface area contributed by atoms with Crippen LogP contribution < -0.4 is 16.0 Å². The fraction of sp³-hybridized carbons (Fsp3) is 0.133. The van der Waals surface area contributed by atoms with Crippen molar-refractivity contribution in [1.82, 2.24) is 0 Å². The van der Waals surface area contributed by atoms with Crippen molar-refractivity contribution in [1.29, 1.82) is 0 Å². The van der Waals surface area contributed by atoms with Gasteiger partial charge >= 0.3 is 5.96 Å². The second-order valence-electron chi connectivity index (χ2n) is 4.29. The van der Waals surface area contributed by atoms with Gasteiger partial charge in [-0.3, -0.25) is 5.73 Å². The lowest BCUT2D eigenvalue weighted by molar-refractivity contribution is -0.355. The van der Waals surface area contributed by atoms with Crippen molar-refractivity contribution < 1.29 is 4.99 Å². The quantitative estimate of drug-likeness (QED) is 0.579. The van der Waals surface area contributed by atoms with Gasteiger partial charge in [0, 0.05) is 0 Å². The molecule has 19 heavy (non-hydrogen) atoms. The molecule has 0 amide bonds. The molecule has 2 aromatic rings. The minimum Gasteiger partial charge on any atom is -0.290 e. The highest BCUT2D eigenvalue weighted by atomic mass is 35.5. The molecule has 3 nitrogen and oxygen atoms in total. The first kappa shape index (κ1) is 15.1. The third-order valence-electron chi connectivity index (χ3n) is 2.83. The normalized spacial score (nSPS) is 10.7. The topological polar surface area (TPSA) is 52.0 Å². The predicted molar refractivity (Wildman–Crippen MR) is 83.0 cm³/mol. The van der Waals surface area contributed by atoms with Crippen LogP contribution in [0.15, 0.2) is 48.5 Å². The number of nitrogens with one attached hydrogen (secondary N) is 2. The van der Waals surface area contributed by atoms with E-state index in [1.54, 1.807) is 0 Å². The molecule has 0 bridgehead atoms. The first-order valence-corrected chi connectivity index (χ1v) is 5.94. The third kappa shape index (κ3) is 4.00. The smallest absolute Gasteiger partial charge is 0.290 e. The maximum Gasteiger partial charge on any atom is 0.351 e. The summed E-state index contributed by atoms with van der Waals surface area (Å²) < 4.78 is 0. The largest absolute Gasteiger partial charge is 0.351 e. The van der Waals surface area contributed by atoms with E-state index in [-0.39, 0.29) is 12.4 Å². The fourth-order valence-electron chi connectivity index (χ4n) is 1.75. The number of nitrogens with two attached hydrogens (primary N) is 1. The van der Waals surface area contributed by atoms with E-state index in [4.69, 9.17) is 5.73 Å². The highest BCUT2D eigenvalue weighted by Crippen LogP contribution is 2.12. The van der Waals surface area contributed by atoms with Gasteiger partial charge in [0.2, 0.25) is 0 Å². The first-order chi connectivity index (χ1) is 8.66. The lowest BCUT2D eigenvalue weighted by Crippen LogP contribution is -2.72. The maximum atomic E-state index is 5.97. The molecule has 0 unspecified atom stereocenters. The van der Waals surface area contributed by atoms with Gasteiger partial charge in [-0.15, -0.1) is 12.4 Å². The van der Waals surface area contributed by atoms with E-state index >= 15 is 0 Å². The van der Waals surface area contributed by atoms with Gasteiger partial charge < -0.3 is 0 Å². The average Bonchev–Trinajstić information content (AvgIpc) is 2.35. The zero-order valence-electron chi connectivity index (χ0n) is 11.1. The van der Waals surface area contributed by atoms with Crippen LogP contribution in [0.25, 0.3) is 0 Å². The summed E-state index contributed by atoms with van der Waals surface area (Å²) in [7, 11) is 0. The molecule has 2 aromatic carbocycles. The highest BCUT2D eigenvalue weighted by Gasteiger charge is 2.05. The summed E-state index contributed by atoms with van der Waals surface area (Å²) in [5, 5.41) is 3.17. The Labute approximate surface area is 120 Å². The van der Waals surface area contributed by atoms with Gasteiger partial charge in [-0.05, 0) is 37.1 Å². The first-order valence-electron chi connectivity index (χ1n) is 5.94. The summed E-state index contributed by atoms with van der Waals surface area (Å²) in [6.45, 7) is 4.09. The Morgan fingerprint density at radius 3 is 2.16 bits per heavy atom. The zero-order valence-corrected chi connectivity index (χ0v) is 11.9. The number of hydrogen-bond acceptors (Lipinski definition) is 0. The third-order valence-corrected chi connectivity index (χ3v) is 2.83. The number of aryl methyl sites for hydroxylation is 2. The summed E-state index contributed by atoms with van der Waals surface area (Å²) >= 11 is 0. The van der Waals surface area contributed by atoms with E-state index in [0.29, 0.717) is 5.96 Å². The van der Waals surface area contributed by atoms with Crippen molar-refractivity contribution in [3.8, 4) is 0 Å². The molecule has 0 aromatic heterocycles. The number of anilines is 1. The van der Waals surface area contributed by atoms with Crippen LogP contribution in [-0.2, 0) is 0 Å². The van der Waals surface area contributed by atoms with E-state index in [1.165, 1.54) is 0 Å². The Kier molecular flexibility index (Phi) is 5.39. The van der Waals surface area contributed by atoms with Crippen molar-refractivity contribution in [2.75, 3.05) is 5.32 Å². The summed E-state index contributed by atoms with van der Waals surface area (Å²) in [4.78, 5) is 3.17. The Morgan fingerprint density at radius 2 is 1.53 bits per heavy atom. The fourth-order valence-corrected chi connectivity index (χ4v) is 1.75.